The summed E-state index contributed by atoms with van der Waals surface area (Å²) in [5.74, 6) is -0.317. The molecule has 2 amide bonds. The van der Waals surface area contributed by atoms with Gasteiger partial charge in [0.25, 0.3) is 0 Å². The van der Waals surface area contributed by atoms with E-state index in [0.717, 1.165) is 11.1 Å². The second kappa shape index (κ2) is 10.0. The van der Waals surface area contributed by atoms with Gasteiger partial charge in [0.05, 0.1) is 0 Å². The number of benzene rings is 2. The van der Waals surface area contributed by atoms with Gasteiger partial charge in [-0.25, -0.2) is 4.39 Å². The van der Waals surface area contributed by atoms with Crippen LogP contribution < -0.4 is 0 Å². The lowest BCUT2D eigenvalue weighted by molar-refractivity contribution is -0.139. The quantitative estimate of drug-likeness (QED) is 0.692. The molecule has 2 aromatic rings. The Morgan fingerprint density at radius 2 is 1.83 bits per heavy atom. The molecule has 0 bridgehead atoms. The number of likely N-dealkylation sites (tertiary alicyclic amines) is 1. The lowest BCUT2D eigenvalue weighted by atomic mass is 9.95. The Morgan fingerprint density at radius 3 is 2.48 bits per heavy atom. The Bertz CT molecular complexity index is 858. The third-order valence-electron chi connectivity index (χ3n) is 5.33. The minimum atomic E-state index is -0.290. The summed E-state index contributed by atoms with van der Waals surface area (Å²) in [6, 6.07) is 16.1. The second-order valence-corrected chi connectivity index (χ2v) is 7.33. The van der Waals surface area contributed by atoms with E-state index in [1.165, 1.54) is 12.1 Å². The molecule has 152 valence electrons. The van der Waals surface area contributed by atoms with Gasteiger partial charge in [0.2, 0.25) is 11.8 Å². The van der Waals surface area contributed by atoms with Gasteiger partial charge < -0.3 is 9.80 Å². The van der Waals surface area contributed by atoms with Crippen LogP contribution in [0.3, 0.4) is 0 Å². The maximum atomic E-state index is 13.4. The van der Waals surface area contributed by atoms with Crippen molar-refractivity contribution in [3.8, 4) is 0 Å². The first-order valence-corrected chi connectivity index (χ1v) is 10.1. The van der Waals surface area contributed by atoms with Crippen LogP contribution in [0.1, 0.15) is 30.9 Å². The van der Waals surface area contributed by atoms with Crippen molar-refractivity contribution in [2.24, 2.45) is 5.92 Å². The SMILES string of the molecule is CCN(Cc1cccc(F)c1)C(=O)C1CCN(C(=O)/C=C/c2ccccc2)CC1. The van der Waals surface area contributed by atoms with Crippen molar-refractivity contribution in [1.29, 1.82) is 0 Å². The molecule has 0 N–H and O–H groups in total. The van der Waals surface area contributed by atoms with Crippen molar-refractivity contribution in [3.05, 3.63) is 77.6 Å². The molecule has 0 unspecified atom stereocenters. The maximum Gasteiger partial charge on any atom is 0.246 e. The molecule has 1 aliphatic rings. The first kappa shape index (κ1) is 20.8. The fraction of sp³-hybridized carbons (Fsp3) is 0.333. The first-order chi connectivity index (χ1) is 14.1. The van der Waals surface area contributed by atoms with Crippen molar-refractivity contribution < 1.29 is 14.0 Å². The molecule has 0 radical (unpaired) electrons. The lowest BCUT2D eigenvalue weighted by Gasteiger charge is -2.33. The first-order valence-electron chi connectivity index (χ1n) is 10.1. The monoisotopic (exact) mass is 394 g/mol. The smallest absolute Gasteiger partial charge is 0.246 e. The molecule has 1 heterocycles. The fourth-order valence-electron chi connectivity index (χ4n) is 3.64. The van der Waals surface area contributed by atoms with Gasteiger partial charge >= 0.3 is 0 Å². The molecule has 0 aliphatic carbocycles. The Labute approximate surface area is 171 Å². The normalized spacial score (nSPS) is 14.9. The van der Waals surface area contributed by atoms with E-state index in [0.29, 0.717) is 39.0 Å². The summed E-state index contributed by atoms with van der Waals surface area (Å²) in [6.07, 6.45) is 4.73. The lowest BCUT2D eigenvalue weighted by Crippen LogP contribution is -2.43. The number of amides is 2. The van der Waals surface area contributed by atoms with E-state index < -0.39 is 0 Å². The molecule has 0 spiro atoms. The van der Waals surface area contributed by atoms with Crippen molar-refractivity contribution >= 4 is 17.9 Å². The summed E-state index contributed by atoms with van der Waals surface area (Å²) in [4.78, 5) is 28.9. The van der Waals surface area contributed by atoms with E-state index in [-0.39, 0.29) is 23.5 Å². The van der Waals surface area contributed by atoms with Crippen molar-refractivity contribution in [2.75, 3.05) is 19.6 Å². The molecular formula is C24H27FN2O2. The Balaban J connectivity index is 1.52. The molecule has 29 heavy (non-hydrogen) atoms. The Morgan fingerprint density at radius 1 is 1.10 bits per heavy atom. The van der Waals surface area contributed by atoms with Crippen LogP contribution in [0.5, 0.6) is 0 Å². The molecule has 2 aromatic carbocycles. The zero-order valence-corrected chi connectivity index (χ0v) is 16.8. The topological polar surface area (TPSA) is 40.6 Å². The van der Waals surface area contributed by atoms with Gasteiger partial charge in [-0.3, -0.25) is 9.59 Å². The molecule has 1 saturated heterocycles. The second-order valence-electron chi connectivity index (χ2n) is 7.33. The van der Waals surface area contributed by atoms with Gasteiger partial charge in [-0.05, 0) is 49.1 Å². The van der Waals surface area contributed by atoms with Crippen LogP contribution >= 0.6 is 0 Å². The third kappa shape index (κ3) is 5.76. The van der Waals surface area contributed by atoms with Crippen LogP contribution in [0, 0.1) is 11.7 Å². The number of carbonyl (C=O) groups excluding carboxylic acids is 2. The van der Waals surface area contributed by atoms with Crippen LogP contribution in [-0.4, -0.2) is 41.2 Å². The van der Waals surface area contributed by atoms with E-state index in [9.17, 15) is 14.0 Å². The molecule has 3 rings (SSSR count). The molecule has 0 atom stereocenters. The highest BCUT2D eigenvalue weighted by Crippen LogP contribution is 2.21. The molecule has 1 fully saturated rings. The Hall–Kier alpha value is -2.95. The van der Waals surface area contributed by atoms with Gasteiger partial charge in [0, 0.05) is 38.2 Å². The van der Waals surface area contributed by atoms with E-state index in [4.69, 9.17) is 0 Å². The minimum absolute atomic E-state index is 0.0214. The van der Waals surface area contributed by atoms with Crippen LogP contribution in [0.4, 0.5) is 4.39 Å². The van der Waals surface area contributed by atoms with Crippen molar-refractivity contribution in [1.82, 2.24) is 9.80 Å². The molecule has 0 saturated carbocycles. The van der Waals surface area contributed by atoms with Crippen LogP contribution in [-0.2, 0) is 16.1 Å². The molecule has 5 heteroatoms. The predicted octanol–water partition coefficient (Wildman–Crippen LogP) is 4.13. The number of nitrogens with zero attached hydrogens (tertiary/aromatic N) is 2. The number of piperidine rings is 1. The summed E-state index contributed by atoms with van der Waals surface area (Å²) in [5.41, 5.74) is 1.78. The van der Waals surface area contributed by atoms with E-state index >= 15 is 0 Å². The van der Waals surface area contributed by atoms with Gasteiger partial charge in [-0.1, -0.05) is 42.5 Å². The van der Waals surface area contributed by atoms with E-state index in [2.05, 4.69) is 0 Å². The summed E-state index contributed by atoms with van der Waals surface area (Å²) in [7, 11) is 0. The third-order valence-corrected chi connectivity index (χ3v) is 5.33. The highest BCUT2D eigenvalue weighted by atomic mass is 19.1. The summed E-state index contributed by atoms with van der Waals surface area (Å²) in [6.45, 7) is 4.07. The number of hydrogen-bond acceptors (Lipinski definition) is 2. The van der Waals surface area contributed by atoms with Gasteiger partial charge in [-0.15, -0.1) is 0 Å². The zero-order chi connectivity index (χ0) is 20.6. The zero-order valence-electron chi connectivity index (χ0n) is 16.8. The fourth-order valence-corrected chi connectivity index (χ4v) is 3.64. The minimum Gasteiger partial charge on any atom is -0.339 e. The Kier molecular flexibility index (Phi) is 7.17. The predicted molar refractivity (Wildman–Crippen MR) is 112 cm³/mol. The summed E-state index contributed by atoms with van der Waals surface area (Å²) < 4.78 is 13.4. The molecule has 4 nitrogen and oxygen atoms in total. The van der Waals surface area contributed by atoms with Crippen molar-refractivity contribution in [2.45, 2.75) is 26.3 Å². The van der Waals surface area contributed by atoms with Crippen LogP contribution in [0.25, 0.3) is 6.08 Å². The maximum absolute atomic E-state index is 13.4. The molecule has 1 aliphatic heterocycles. The highest BCUT2D eigenvalue weighted by molar-refractivity contribution is 5.92. The van der Waals surface area contributed by atoms with Gasteiger partial charge in [0.1, 0.15) is 5.82 Å². The standard InChI is InChI=1S/C24H27FN2O2/c1-2-26(18-20-9-6-10-22(25)17-20)24(29)21-13-15-27(16-14-21)23(28)12-11-19-7-4-3-5-8-19/h3-12,17,21H,2,13-16,18H2,1H3/b12-11+. The van der Waals surface area contributed by atoms with E-state index in [1.807, 2.05) is 49.4 Å². The van der Waals surface area contributed by atoms with Gasteiger partial charge in [-0.2, -0.15) is 0 Å². The number of rotatable bonds is 6. The number of hydrogen-bond donors (Lipinski definition) is 0. The summed E-state index contributed by atoms with van der Waals surface area (Å²) in [5, 5.41) is 0. The highest BCUT2D eigenvalue weighted by Gasteiger charge is 2.29. The van der Waals surface area contributed by atoms with Crippen LogP contribution in [0.2, 0.25) is 0 Å². The molecular weight excluding hydrogens is 367 g/mol. The summed E-state index contributed by atoms with van der Waals surface area (Å²) >= 11 is 0. The molecule has 0 aromatic heterocycles. The van der Waals surface area contributed by atoms with Crippen LogP contribution in [0.15, 0.2) is 60.7 Å². The average Bonchev–Trinajstić information content (AvgIpc) is 2.76. The van der Waals surface area contributed by atoms with E-state index in [1.54, 1.807) is 21.9 Å². The van der Waals surface area contributed by atoms with Gasteiger partial charge in [0.15, 0.2) is 0 Å². The number of carbonyl (C=O) groups is 2. The number of halogens is 1. The largest absolute Gasteiger partial charge is 0.339 e. The average molecular weight is 394 g/mol. The van der Waals surface area contributed by atoms with Crippen molar-refractivity contribution in [3.63, 3.8) is 0 Å².